The van der Waals surface area contributed by atoms with Crippen LogP contribution >= 0.6 is 38.9 Å². The lowest BCUT2D eigenvalue weighted by molar-refractivity contribution is 0.625. The molecular formula is C13H11BrClFS. The van der Waals surface area contributed by atoms with E-state index in [2.05, 4.69) is 15.9 Å². The zero-order valence-electron chi connectivity index (χ0n) is 9.43. The number of thiophene rings is 1. The molecule has 1 unspecified atom stereocenters. The maximum atomic E-state index is 13.0. The second-order valence-electron chi connectivity index (χ2n) is 3.92. The van der Waals surface area contributed by atoms with Crippen LogP contribution in [0.15, 0.2) is 28.7 Å². The average Bonchev–Trinajstić information content (AvgIpc) is 2.58. The van der Waals surface area contributed by atoms with Crippen LogP contribution in [0.5, 0.6) is 0 Å². The number of halogens is 3. The minimum atomic E-state index is -0.223. The van der Waals surface area contributed by atoms with E-state index in [1.54, 1.807) is 17.4 Å². The SMILES string of the molecule is Cc1cc(F)ccc1C(Cl)c1cc(Br)c(C)s1. The van der Waals surface area contributed by atoms with E-state index in [0.29, 0.717) is 0 Å². The van der Waals surface area contributed by atoms with E-state index in [0.717, 1.165) is 20.5 Å². The number of rotatable bonds is 2. The third-order valence-corrected chi connectivity index (χ3v) is 5.43. The topological polar surface area (TPSA) is 0 Å². The first-order chi connectivity index (χ1) is 7.99. The van der Waals surface area contributed by atoms with E-state index < -0.39 is 0 Å². The van der Waals surface area contributed by atoms with Gasteiger partial charge in [0.25, 0.3) is 0 Å². The van der Waals surface area contributed by atoms with E-state index >= 15 is 0 Å². The van der Waals surface area contributed by atoms with Crippen LogP contribution in [0.2, 0.25) is 0 Å². The lowest BCUT2D eigenvalue weighted by Crippen LogP contribution is -1.94. The normalized spacial score (nSPS) is 12.8. The predicted octanol–water partition coefficient (Wildman–Crippen LogP) is 5.59. The summed E-state index contributed by atoms with van der Waals surface area (Å²) in [5.74, 6) is -0.223. The Bertz CT molecular complexity index is 531. The van der Waals surface area contributed by atoms with Crippen LogP contribution in [0.3, 0.4) is 0 Å². The maximum Gasteiger partial charge on any atom is 0.123 e. The molecule has 1 aromatic heterocycles. The van der Waals surface area contributed by atoms with Gasteiger partial charge in [0.2, 0.25) is 0 Å². The van der Waals surface area contributed by atoms with Crippen molar-refractivity contribution >= 4 is 38.9 Å². The molecule has 0 spiro atoms. The number of alkyl halides is 1. The molecule has 0 nitrogen and oxygen atoms in total. The van der Waals surface area contributed by atoms with Gasteiger partial charge in [-0.05, 0) is 59.1 Å². The zero-order valence-corrected chi connectivity index (χ0v) is 12.6. The van der Waals surface area contributed by atoms with Crippen LogP contribution < -0.4 is 0 Å². The summed E-state index contributed by atoms with van der Waals surface area (Å²) in [5, 5.41) is -0.217. The van der Waals surface area contributed by atoms with Gasteiger partial charge < -0.3 is 0 Å². The fraction of sp³-hybridized carbons (Fsp3) is 0.231. The Balaban J connectivity index is 2.39. The molecule has 4 heteroatoms. The molecule has 0 saturated heterocycles. The number of hydrogen-bond acceptors (Lipinski definition) is 1. The van der Waals surface area contributed by atoms with Crippen LogP contribution in [0.4, 0.5) is 4.39 Å². The van der Waals surface area contributed by atoms with Crippen molar-refractivity contribution in [3.8, 4) is 0 Å². The van der Waals surface area contributed by atoms with E-state index in [-0.39, 0.29) is 11.2 Å². The van der Waals surface area contributed by atoms with E-state index in [1.165, 1.54) is 17.0 Å². The summed E-state index contributed by atoms with van der Waals surface area (Å²) in [6.07, 6.45) is 0. The Labute approximate surface area is 118 Å². The molecule has 0 fully saturated rings. The Morgan fingerprint density at radius 2 is 2.00 bits per heavy atom. The molecule has 0 aliphatic rings. The molecule has 1 aromatic carbocycles. The lowest BCUT2D eigenvalue weighted by atomic mass is 10.0. The number of hydrogen-bond donors (Lipinski definition) is 0. The van der Waals surface area contributed by atoms with Crippen molar-refractivity contribution in [1.29, 1.82) is 0 Å². The molecule has 2 aromatic rings. The summed E-state index contributed by atoms with van der Waals surface area (Å²) >= 11 is 11.6. The summed E-state index contributed by atoms with van der Waals surface area (Å²) < 4.78 is 14.1. The molecular weight excluding hydrogens is 323 g/mol. The minimum absolute atomic E-state index is 0.217. The van der Waals surface area contributed by atoms with Gasteiger partial charge in [0.1, 0.15) is 5.82 Å². The molecule has 17 heavy (non-hydrogen) atoms. The first kappa shape index (κ1) is 13.1. The van der Waals surface area contributed by atoms with Crippen LogP contribution in [0.25, 0.3) is 0 Å². The average molecular weight is 334 g/mol. The van der Waals surface area contributed by atoms with Gasteiger partial charge in [0, 0.05) is 14.2 Å². The molecule has 0 N–H and O–H groups in total. The number of benzene rings is 1. The van der Waals surface area contributed by atoms with Gasteiger partial charge in [-0.2, -0.15) is 0 Å². The standard InChI is InChI=1S/C13H11BrClFS/c1-7-5-9(16)3-4-10(7)13(15)12-6-11(14)8(2)17-12/h3-6,13H,1-2H3. The van der Waals surface area contributed by atoms with Crippen molar-refractivity contribution in [3.05, 3.63) is 55.4 Å². The predicted molar refractivity (Wildman–Crippen MR) is 75.6 cm³/mol. The second kappa shape index (κ2) is 5.09. The molecule has 0 amide bonds. The summed E-state index contributed by atoms with van der Waals surface area (Å²) in [5.41, 5.74) is 1.84. The summed E-state index contributed by atoms with van der Waals surface area (Å²) in [7, 11) is 0. The highest BCUT2D eigenvalue weighted by Gasteiger charge is 2.16. The van der Waals surface area contributed by atoms with Crippen molar-refractivity contribution in [2.45, 2.75) is 19.2 Å². The Kier molecular flexibility index (Phi) is 3.91. The van der Waals surface area contributed by atoms with E-state index in [4.69, 9.17) is 11.6 Å². The van der Waals surface area contributed by atoms with Gasteiger partial charge in [-0.3, -0.25) is 0 Å². The highest BCUT2D eigenvalue weighted by molar-refractivity contribution is 9.10. The van der Waals surface area contributed by atoms with Crippen LogP contribution in [0.1, 0.15) is 26.3 Å². The van der Waals surface area contributed by atoms with Crippen molar-refractivity contribution < 1.29 is 4.39 Å². The Morgan fingerprint density at radius 3 is 2.53 bits per heavy atom. The fourth-order valence-corrected chi connectivity index (χ4v) is 3.68. The quantitative estimate of drug-likeness (QED) is 0.628. The Morgan fingerprint density at radius 1 is 1.29 bits per heavy atom. The van der Waals surface area contributed by atoms with Gasteiger partial charge in [-0.15, -0.1) is 22.9 Å². The zero-order chi connectivity index (χ0) is 12.6. The van der Waals surface area contributed by atoms with E-state index in [9.17, 15) is 4.39 Å². The van der Waals surface area contributed by atoms with E-state index in [1.807, 2.05) is 19.9 Å². The fourth-order valence-electron chi connectivity index (χ4n) is 1.68. The first-order valence-electron chi connectivity index (χ1n) is 5.15. The molecule has 1 heterocycles. The largest absolute Gasteiger partial charge is 0.207 e. The van der Waals surface area contributed by atoms with Gasteiger partial charge in [-0.25, -0.2) is 4.39 Å². The summed E-state index contributed by atoms with van der Waals surface area (Å²) in [6, 6.07) is 6.75. The first-order valence-corrected chi connectivity index (χ1v) is 7.19. The van der Waals surface area contributed by atoms with Crippen molar-refractivity contribution in [3.63, 3.8) is 0 Å². The highest BCUT2D eigenvalue weighted by atomic mass is 79.9. The smallest absolute Gasteiger partial charge is 0.123 e. The molecule has 0 radical (unpaired) electrons. The van der Waals surface area contributed by atoms with Gasteiger partial charge >= 0.3 is 0 Å². The molecule has 1 atom stereocenters. The summed E-state index contributed by atoms with van der Waals surface area (Å²) in [4.78, 5) is 2.27. The third kappa shape index (κ3) is 2.72. The summed E-state index contributed by atoms with van der Waals surface area (Å²) in [6.45, 7) is 3.92. The number of aryl methyl sites for hydroxylation is 2. The van der Waals surface area contributed by atoms with Crippen LogP contribution in [-0.2, 0) is 0 Å². The molecule has 2 rings (SSSR count). The van der Waals surface area contributed by atoms with Gasteiger partial charge in [0.05, 0.1) is 5.38 Å². The van der Waals surface area contributed by atoms with Gasteiger partial charge in [-0.1, -0.05) is 6.07 Å². The molecule has 0 aliphatic carbocycles. The molecule has 90 valence electrons. The lowest BCUT2D eigenvalue weighted by Gasteiger charge is -2.11. The maximum absolute atomic E-state index is 13.0. The second-order valence-corrected chi connectivity index (χ2v) is 6.50. The van der Waals surface area contributed by atoms with Crippen LogP contribution in [0, 0.1) is 19.7 Å². The van der Waals surface area contributed by atoms with Crippen LogP contribution in [-0.4, -0.2) is 0 Å². The highest BCUT2D eigenvalue weighted by Crippen LogP contribution is 2.38. The minimum Gasteiger partial charge on any atom is -0.207 e. The Hall–Kier alpha value is -0.380. The van der Waals surface area contributed by atoms with Crippen molar-refractivity contribution in [2.24, 2.45) is 0 Å². The third-order valence-electron chi connectivity index (χ3n) is 2.63. The molecule has 0 aliphatic heterocycles. The molecule has 0 saturated carbocycles. The monoisotopic (exact) mass is 332 g/mol. The van der Waals surface area contributed by atoms with Crippen molar-refractivity contribution in [1.82, 2.24) is 0 Å². The molecule has 0 bridgehead atoms. The van der Waals surface area contributed by atoms with Gasteiger partial charge in [0.15, 0.2) is 0 Å². The van der Waals surface area contributed by atoms with Crippen molar-refractivity contribution in [2.75, 3.05) is 0 Å².